The van der Waals surface area contributed by atoms with Gasteiger partial charge in [-0.25, -0.2) is 0 Å². The summed E-state index contributed by atoms with van der Waals surface area (Å²) in [6.07, 6.45) is 3.90. The lowest BCUT2D eigenvalue weighted by Crippen LogP contribution is -2.51. The van der Waals surface area contributed by atoms with Gasteiger partial charge in [0, 0.05) is 18.7 Å². The average molecular weight is 382 g/mol. The zero-order chi connectivity index (χ0) is 18.8. The smallest absolute Gasteiger partial charge is 0.244 e. The van der Waals surface area contributed by atoms with Gasteiger partial charge in [-0.2, -0.15) is 0 Å². The van der Waals surface area contributed by atoms with Gasteiger partial charge in [0.25, 0.3) is 0 Å². The third-order valence-electron chi connectivity index (χ3n) is 3.92. The molecule has 26 heavy (non-hydrogen) atoms. The average Bonchev–Trinajstić information content (AvgIpc) is 2.56. The molecule has 2 atom stereocenters. The normalized spacial score (nSPS) is 13.3. The first kappa shape index (κ1) is 24.2. The Hall–Kier alpha value is -1.85. The molecule has 1 aromatic carbocycles. The molecular weight excluding hydrogens is 350 g/mol. The topological polar surface area (TPSA) is 84.2 Å². The molecule has 146 valence electrons. The van der Waals surface area contributed by atoms with Crippen LogP contribution in [0.15, 0.2) is 36.4 Å². The van der Waals surface area contributed by atoms with E-state index in [9.17, 15) is 9.59 Å². The number of amides is 2. The monoisotopic (exact) mass is 381 g/mol. The Labute approximate surface area is 163 Å². The summed E-state index contributed by atoms with van der Waals surface area (Å²) in [4.78, 5) is 24.2. The first-order chi connectivity index (χ1) is 11.8. The molecule has 2 amide bonds. The molecule has 0 saturated heterocycles. The summed E-state index contributed by atoms with van der Waals surface area (Å²) in [5.41, 5.74) is 6.89. The first-order valence-corrected chi connectivity index (χ1v) is 8.86. The fraction of sp³-hybridized carbons (Fsp3) is 0.500. The summed E-state index contributed by atoms with van der Waals surface area (Å²) < 4.78 is 0. The summed E-state index contributed by atoms with van der Waals surface area (Å²) in [5, 5.41) is 5.79. The number of rotatable bonds is 9. The number of benzene rings is 1. The Morgan fingerprint density at radius 2 is 1.73 bits per heavy atom. The Kier molecular flexibility index (Phi) is 11.6. The van der Waals surface area contributed by atoms with Crippen molar-refractivity contribution in [1.29, 1.82) is 0 Å². The minimum atomic E-state index is -0.519. The number of hydrogen-bond acceptors (Lipinski definition) is 3. The van der Waals surface area contributed by atoms with Crippen LogP contribution in [0.3, 0.4) is 0 Å². The molecule has 5 nitrogen and oxygen atoms in total. The summed E-state index contributed by atoms with van der Waals surface area (Å²) in [5.74, 6) is 0.200. The van der Waals surface area contributed by atoms with E-state index < -0.39 is 6.04 Å². The van der Waals surface area contributed by atoms with Crippen molar-refractivity contribution in [2.75, 3.05) is 6.54 Å². The second kappa shape index (κ2) is 12.5. The molecule has 1 unspecified atom stereocenters. The van der Waals surface area contributed by atoms with Gasteiger partial charge >= 0.3 is 0 Å². The molecule has 0 radical (unpaired) electrons. The SMILES string of the molecule is CC(C)CC(N)C(=O)N[C@H](CNC(=O)/C=C/c1ccccc1)C(C)C.Cl. The first-order valence-electron chi connectivity index (χ1n) is 8.86. The summed E-state index contributed by atoms with van der Waals surface area (Å²) >= 11 is 0. The molecule has 0 aliphatic carbocycles. The predicted octanol–water partition coefficient (Wildman–Crippen LogP) is 2.75. The Balaban J connectivity index is 0.00000625. The quantitative estimate of drug-likeness (QED) is 0.575. The molecule has 6 heteroatoms. The maximum absolute atomic E-state index is 12.2. The minimum Gasteiger partial charge on any atom is -0.350 e. The van der Waals surface area contributed by atoms with Gasteiger partial charge in [-0.05, 0) is 29.9 Å². The van der Waals surface area contributed by atoms with Crippen LogP contribution in [0.1, 0.15) is 39.7 Å². The van der Waals surface area contributed by atoms with E-state index in [0.29, 0.717) is 18.9 Å². The lowest BCUT2D eigenvalue weighted by molar-refractivity contribution is -0.124. The molecule has 0 bridgehead atoms. The van der Waals surface area contributed by atoms with Gasteiger partial charge in [0.05, 0.1) is 6.04 Å². The number of halogens is 1. The maximum Gasteiger partial charge on any atom is 0.244 e. The van der Waals surface area contributed by atoms with Gasteiger partial charge in [-0.3, -0.25) is 9.59 Å². The lowest BCUT2D eigenvalue weighted by atomic mass is 10.0. The highest BCUT2D eigenvalue weighted by atomic mass is 35.5. The fourth-order valence-electron chi connectivity index (χ4n) is 2.36. The molecule has 0 fully saturated rings. The van der Waals surface area contributed by atoms with Crippen molar-refractivity contribution in [3.05, 3.63) is 42.0 Å². The molecule has 0 aliphatic heterocycles. The van der Waals surface area contributed by atoms with Crippen LogP contribution in [0.4, 0.5) is 0 Å². The van der Waals surface area contributed by atoms with Crippen LogP contribution in [-0.4, -0.2) is 30.4 Å². The molecule has 1 aromatic rings. The lowest BCUT2D eigenvalue weighted by Gasteiger charge is -2.24. The Bertz CT molecular complexity index is 574. The third kappa shape index (κ3) is 9.59. The second-order valence-corrected chi connectivity index (χ2v) is 7.08. The number of carbonyl (C=O) groups is 2. The number of nitrogens with two attached hydrogens (primary N) is 1. The van der Waals surface area contributed by atoms with Crippen LogP contribution in [0.5, 0.6) is 0 Å². The zero-order valence-corrected chi connectivity index (χ0v) is 16.9. The molecule has 0 aromatic heterocycles. The van der Waals surface area contributed by atoms with Gasteiger partial charge in [0.1, 0.15) is 0 Å². The largest absolute Gasteiger partial charge is 0.350 e. The van der Waals surface area contributed by atoms with E-state index in [0.717, 1.165) is 5.56 Å². The maximum atomic E-state index is 12.2. The van der Waals surface area contributed by atoms with Crippen LogP contribution in [0.25, 0.3) is 6.08 Å². The standard InChI is InChI=1S/C20H31N3O2.ClH/c1-14(2)12-17(21)20(25)23-18(15(3)4)13-22-19(24)11-10-16-8-6-5-7-9-16;/h5-11,14-15,17-18H,12-13,21H2,1-4H3,(H,22,24)(H,23,25);1H/b11-10+;/t17?,18-;/m1./s1. The van der Waals surface area contributed by atoms with Crippen molar-refractivity contribution >= 4 is 30.3 Å². The minimum absolute atomic E-state index is 0. The van der Waals surface area contributed by atoms with E-state index >= 15 is 0 Å². The van der Waals surface area contributed by atoms with Crippen LogP contribution in [-0.2, 0) is 9.59 Å². The fourth-order valence-corrected chi connectivity index (χ4v) is 2.36. The molecular formula is C20H32ClN3O2. The summed E-state index contributed by atoms with van der Waals surface area (Å²) in [6.45, 7) is 8.45. The molecule has 0 aliphatic rings. The van der Waals surface area contributed by atoms with Crippen LogP contribution >= 0.6 is 12.4 Å². The van der Waals surface area contributed by atoms with Crippen molar-refractivity contribution in [3.63, 3.8) is 0 Å². The highest BCUT2D eigenvalue weighted by Gasteiger charge is 2.21. The molecule has 0 spiro atoms. The van der Waals surface area contributed by atoms with Crippen molar-refractivity contribution < 1.29 is 9.59 Å². The molecule has 4 N–H and O–H groups in total. The van der Waals surface area contributed by atoms with E-state index in [1.807, 2.05) is 58.0 Å². The Morgan fingerprint density at radius 1 is 1.12 bits per heavy atom. The van der Waals surface area contributed by atoms with Crippen LogP contribution in [0, 0.1) is 11.8 Å². The zero-order valence-electron chi connectivity index (χ0n) is 16.1. The Morgan fingerprint density at radius 3 is 2.27 bits per heavy atom. The van der Waals surface area contributed by atoms with Crippen molar-refractivity contribution in [3.8, 4) is 0 Å². The number of hydrogen-bond donors (Lipinski definition) is 3. The highest BCUT2D eigenvalue weighted by Crippen LogP contribution is 2.06. The van der Waals surface area contributed by atoms with Gasteiger partial charge in [-0.1, -0.05) is 58.0 Å². The van der Waals surface area contributed by atoms with Crippen molar-refractivity contribution in [2.24, 2.45) is 17.6 Å². The summed E-state index contributed by atoms with van der Waals surface area (Å²) in [7, 11) is 0. The highest BCUT2D eigenvalue weighted by molar-refractivity contribution is 5.91. The van der Waals surface area contributed by atoms with Gasteiger partial charge in [0.15, 0.2) is 0 Å². The van der Waals surface area contributed by atoms with E-state index in [-0.39, 0.29) is 36.2 Å². The van der Waals surface area contributed by atoms with E-state index in [4.69, 9.17) is 5.73 Å². The number of nitrogens with one attached hydrogen (secondary N) is 2. The van der Waals surface area contributed by atoms with Gasteiger partial charge in [0.2, 0.25) is 11.8 Å². The molecule has 0 heterocycles. The third-order valence-corrected chi connectivity index (χ3v) is 3.92. The summed E-state index contributed by atoms with van der Waals surface area (Å²) in [6, 6.07) is 8.95. The van der Waals surface area contributed by atoms with E-state index in [2.05, 4.69) is 10.6 Å². The van der Waals surface area contributed by atoms with E-state index in [1.165, 1.54) is 6.08 Å². The van der Waals surface area contributed by atoms with Gasteiger partial charge in [-0.15, -0.1) is 12.4 Å². The van der Waals surface area contributed by atoms with Crippen molar-refractivity contribution in [1.82, 2.24) is 10.6 Å². The predicted molar refractivity (Wildman–Crippen MR) is 110 cm³/mol. The second-order valence-electron chi connectivity index (χ2n) is 7.08. The van der Waals surface area contributed by atoms with Crippen LogP contribution < -0.4 is 16.4 Å². The van der Waals surface area contributed by atoms with Crippen molar-refractivity contribution in [2.45, 2.75) is 46.2 Å². The van der Waals surface area contributed by atoms with Gasteiger partial charge < -0.3 is 16.4 Å². The number of carbonyl (C=O) groups excluding carboxylic acids is 2. The van der Waals surface area contributed by atoms with E-state index in [1.54, 1.807) is 6.08 Å². The van der Waals surface area contributed by atoms with Crippen LogP contribution in [0.2, 0.25) is 0 Å². The molecule has 1 rings (SSSR count). The molecule has 0 saturated carbocycles.